The van der Waals surface area contributed by atoms with Crippen LogP contribution in [0.1, 0.15) is 5.56 Å². The molecule has 2 aromatic rings. The van der Waals surface area contributed by atoms with Gasteiger partial charge < -0.3 is 0 Å². The van der Waals surface area contributed by atoms with Crippen LogP contribution in [0.15, 0.2) is 53.5 Å². The van der Waals surface area contributed by atoms with Crippen molar-refractivity contribution in [3.8, 4) is 0 Å². The Bertz CT molecular complexity index is 521. The van der Waals surface area contributed by atoms with Crippen molar-refractivity contribution in [3.63, 3.8) is 0 Å². The van der Waals surface area contributed by atoms with Crippen molar-refractivity contribution in [2.75, 3.05) is 0 Å². The zero-order chi connectivity index (χ0) is 11.4. The smallest absolute Gasteiger partial charge is 0.131 e. The molecule has 2 aromatic carbocycles. The maximum absolute atomic E-state index is 13.2. The predicted molar refractivity (Wildman–Crippen MR) is 60.1 cm³/mol. The van der Waals surface area contributed by atoms with Crippen LogP contribution in [0.4, 0.5) is 14.5 Å². The summed E-state index contributed by atoms with van der Waals surface area (Å²) in [5.74, 6) is -0.703. The lowest BCUT2D eigenvalue weighted by molar-refractivity contribution is 0.626. The Hall–Kier alpha value is -2.03. The van der Waals surface area contributed by atoms with Crippen LogP contribution in [0, 0.1) is 11.6 Å². The van der Waals surface area contributed by atoms with Gasteiger partial charge in [0.15, 0.2) is 0 Å². The van der Waals surface area contributed by atoms with Crippen LogP contribution in [-0.2, 0) is 0 Å². The van der Waals surface area contributed by atoms with E-state index in [-0.39, 0.29) is 11.6 Å². The van der Waals surface area contributed by atoms with Gasteiger partial charge in [-0.25, -0.2) is 8.78 Å². The summed E-state index contributed by atoms with van der Waals surface area (Å²) in [6.07, 6.45) is 1.38. The maximum atomic E-state index is 13.2. The number of hydrogen-bond acceptors (Lipinski definition) is 1. The zero-order valence-electron chi connectivity index (χ0n) is 8.40. The molecule has 1 nitrogen and oxygen atoms in total. The van der Waals surface area contributed by atoms with Gasteiger partial charge in [0, 0.05) is 11.8 Å². The van der Waals surface area contributed by atoms with Crippen LogP contribution in [0.25, 0.3) is 0 Å². The molecule has 0 aromatic heterocycles. The van der Waals surface area contributed by atoms with Crippen LogP contribution in [0.5, 0.6) is 0 Å². The molecule has 3 heteroatoms. The Morgan fingerprint density at radius 1 is 0.938 bits per heavy atom. The lowest BCUT2D eigenvalue weighted by atomic mass is 10.2. The van der Waals surface area contributed by atoms with E-state index < -0.39 is 0 Å². The van der Waals surface area contributed by atoms with Gasteiger partial charge in [0.05, 0.1) is 5.69 Å². The van der Waals surface area contributed by atoms with Gasteiger partial charge in [-0.3, -0.25) is 4.99 Å². The zero-order valence-corrected chi connectivity index (χ0v) is 8.40. The number of hydrogen-bond donors (Lipinski definition) is 0. The fourth-order valence-electron chi connectivity index (χ4n) is 1.28. The normalized spacial score (nSPS) is 10.9. The topological polar surface area (TPSA) is 12.4 Å². The highest BCUT2D eigenvalue weighted by atomic mass is 19.1. The van der Waals surface area contributed by atoms with Gasteiger partial charge >= 0.3 is 0 Å². The van der Waals surface area contributed by atoms with Crippen molar-refractivity contribution in [2.45, 2.75) is 0 Å². The molecule has 0 aliphatic rings. The standard InChI is InChI=1S/C13H9F2N/c14-11-5-3-6-12(8-11)16-9-10-4-1-2-7-13(10)15/h1-9H. The summed E-state index contributed by atoms with van der Waals surface area (Å²) in [4.78, 5) is 3.99. The quantitative estimate of drug-likeness (QED) is 0.680. The molecule has 0 amide bonds. The fraction of sp³-hybridized carbons (Fsp3) is 0. The van der Waals surface area contributed by atoms with Crippen molar-refractivity contribution >= 4 is 11.9 Å². The molecule has 80 valence electrons. The van der Waals surface area contributed by atoms with E-state index in [1.807, 2.05) is 0 Å². The molecule has 0 fully saturated rings. The van der Waals surface area contributed by atoms with Crippen molar-refractivity contribution < 1.29 is 8.78 Å². The Morgan fingerprint density at radius 2 is 1.75 bits per heavy atom. The van der Waals surface area contributed by atoms with E-state index in [1.165, 1.54) is 24.4 Å². The van der Waals surface area contributed by atoms with Gasteiger partial charge in [0.2, 0.25) is 0 Å². The molecule has 0 unspecified atom stereocenters. The number of aliphatic imine (C=N–C) groups is 1. The number of rotatable bonds is 2. The third-order valence-corrected chi connectivity index (χ3v) is 2.07. The van der Waals surface area contributed by atoms with Gasteiger partial charge in [-0.15, -0.1) is 0 Å². The molecule has 0 bridgehead atoms. The molecule has 0 aliphatic heterocycles. The van der Waals surface area contributed by atoms with Gasteiger partial charge in [-0.2, -0.15) is 0 Å². The summed E-state index contributed by atoms with van der Waals surface area (Å²) in [6, 6.07) is 12.1. The fourth-order valence-corrected chi connectivity index (χ4v) is 1.28. The van der Waals surface area contributed by atoms with E-state index in [9.17, 15) is 8.78 Å². The SMILES string of the molecule is Fc1cccc(N=Cc2ccccc2F)c1. The minimum Gasteiger partial charge on any atom is -0.256 e. The van der Waals surface area contributed by atoms with E-state index >= 15 is 0 Å². The summed E-state index contributed by atoms with van der Waals surface area (Å²) in [5, 5.41) is 0. The average Bonchev–Trinajstić information content (AvgIpc) is 2.28. The van der Waals surface area contributed by atoms with Gasteiger partial charge in [0.25, 0.3) is 0 Å². The average molecular weight is 217 g/mol. The monoisotopic (exact) mass is 217 g/mol. The highest BCUT2D eigenvalue weighted by molar-refractivity contribution is 5.82. The first-order valence-corrected chi connectivity index (χ1v) is 4.80. The van der Waals surface area contributed by atoms with Gasteiger partial charge in [-0.05, 0) is 24.3 Å². The van der Waals surface area contributed by atoms with E-state index in [4.69, 9.17) is 0 Å². The van der Waals surface area contributed by atoms with Crippen LogP contribution >= 0.6 is 0 Å². The summed E-state index contributed by atoms with van der Waals surface area (Å²) in [5.41, 5.74) is 0.843. The summed E-state index contributed by atoms with van der Waals surface area (Å²) < 4.78 is 26.0. The number of benzene rings is 2. The van der Waals surface area contributed by atoms with E-state index in [2.05, 4.69) is 4.99 Å². The molecule has 0 saturated heterocycles. The summed E-state index contributed by atoms with van der Waals surface area (Å²) in [6.45, 7) is 0. The number of nitrogens with zero attached hydrogens (tertiary/aromatic N) is 1. The molecule has 2 rings (SSSR count). The van der Waals surface area contributed by atoms with Crippen LogP contribution in [0.2, 0.25) is 0 Å². The lowest BCUT2D eigenvalue weighted by Gasteiger charge is -1.95. The van der Waals surface area contributed by atoms with Gasteiger partial charge in [0.1, 0.15) is 11.6 Å². The molecule has 0 radical (unpaired) electrons. The highest BCUT2D eigenvalue weighted by Gasteiger charge is 1.96. The maximum Gasteiger partial charge on any atom is 0.131 e. The van der Waals surface area contributed by atoms with Crippen molar-refractivity contribution in [2.24, 2.45) is 4.99 Å². The van der Waals surface area contributed by atoms with Crippen LogP contribution in [0.3, 0.4) is 0 Å². The van der Waals surface area contributed by atoms with E-state index in [0.29, 0.717) is 11.3 Å². The molecule has 0 N–H and O–H groups in total. The van der Waals surface area contributed by atoms with E-state index in [0.717, 1.165) is 0 Å². The molecule has 0 saturated carbocycles. The van der Waals surface area contributed by atoms with Crippen LogP contribution < -0.4 is 0 Å². The summed E-state index contributed by atoms with van der Waals surface area (Å²) in [7, 11) is 0. The second kappa shape index (κ2) is 4.66. The van der Waals surface area contributed by atoms with Crippen molar-refractivity contribution in [1.29, 1.82) is 0 Å². The predicted octanol–water partition coefficient (Wildman–Crippen LogP) is 3.72. The minimum atomic E-state index is -0.358. The Labute approximate surface area is 92.1 Å². The first-order valence-electron chi connectivity index (χ1n) is 4.80. The van der Waals surface area contributed by atoms with Gasteiger partial charge in [-0.1, -0.05) is 24.3 Å². The third-order valence-electron chi connectivity index (χ3n) is 2.07. The first-order chi connectivity index (χ1) is 7.75. The minimum absolute atomic E-state index is 0.345. The molecule has 0 spiro atoms. The second-order valence-corrected chi connectivity index (χ2v) is 3.26. The largest absolute Gasteiger partial charge is 0.256 e. The van der Waals surface area contributed by atoms with E-state index in [1.54, 1.807) is 30.3 Å². The molecule has 16 heavy (non-hydrogen) atoms. The van der Waals surface area contributed by atoms with Crippen molar-refractivity contribution in [1.82, 2.24) is 0 Å². The molecule has 0 aliphatic carbocycles. The Balaban J connectivity index is 2.25. The molecular weight excluding hydrogens is 208 g/mol. The molecule has 0 heterocycles. The Kier molecular flexibility index (Phi) is 3.05. The summed E-state index contributed by atoms with van der Waals surface area (Å²) >= 11 is 0. The highest BCUT2D eigenvalue weighted by Crippen LogP contribution is 2.13. The number of halogens is 2. The lowest BCUT2D eigenvalue weighted by Crippen LogP contribution is -1.86. The van der Waals surface area contributed by atoms with Crippen molar-refractivity contribution in [3.05, 3.63) is 65.7 Å². The molecule has 0 atom stereocenters. The Morgan fingerprint density at radius 3 is 2.50 bits per heavy atom. The van der Waals surface area contributed by atoms with Crippen LogP contribution in [-0.4, -0.2) is 6.21 Å². The second-order valence-electron chi connectivity index (χ2n) is 3.26. The third kappa shape index (κ3) is 2.51. The first kappa shape index (κ1) is 10.5. The molecular formula is C13H9F2N.